The number of ketones is 1. The number of hydrogen-bond donors (Lipinski definition) is 4. The minimum Gasteiger partial charge on any atom is -0.393 e. The molecule has 4 heterocycles. The lowest BCUT2D eigenvalue weighted by molar-refractivity contribution is -0.141. The molecule has 162 valence electrons. The third-order valence-electron chi connectivity index (χ3n) is 5.73. The van der Waals surface area contributed by atoms with Crippen LogP contribution >= 0.6 is 0 Å². The zero-order chi connectivity index (χ0) is 22.1. The summed E-state index contributed by atoms with van der Waals surface area (Å²) in [5, 5.41) is 26.3. The molecular formula is C22H25N5O4. The molecule has 1 unspecified atom stereocenters. The average molecular weight is 423 g/mol. The van der Waals surface area contributed by atoms with Crippen LogP contribution in [0.3, 0.4) is 0 Å². The van der Waals surface area contributed by atoms with Crippen LogP contribution in [0.5, 0.6) is 0 Å². The first-order valence-corrected chi connectivity index (χ1v) is 10.2. The summed E-state index contributed by atoms with van der Waals surface area (Å²) in [7, 11) is 0. The van der Waals surface area contributed by atoms with Crippen molar-refractivity contribution < 1.29 is 19.8 Å². The first-order chi connectivity index (χ1) is 14.9. The predicted octanol–water partition coefficient (Wildman–Crippen LogP) is 1.30. The predicted molar refractivity (Wildman–Crippen MR) is 114 cm³/mol. The topological polar surface area (TPSA) is 135 Å². The molecule has 3 aromatic rings. The summed E-state index contributed by atoms with van der Waals surface area (Å²) in [6, 6.07) is 3.94. The van der Waals surface area contributed by atoms with E-state index < -0.39 is 18.6 Å². The van der Waals surface area contributed by atoms with Gasteiger partial charge in [0.15, 0.2) is 11.9 Å². The number of Topliss-reactive ketones (excluding diaryl/α,β-unsaturated/α-hetero) is 1. The summed E-state index contributed by atoms with van der Waals surface area (Å²) in [5.74, 6) is -0.517. The Bertz CT molecular complexity index is 1180. The highest BCUT2D eigenvalue weighted by molar-refractivity contribution is 5.97. The van der Waals surface area contributed by atoms with Crippen LogP contribution in [0.25, 0.3) is 16.6 Å². The van der Waals surface area contributed by atoms with E-state index in [0.717, 1.165) is 39.1 Å². The summed E-state index contributed by atoms with van der Waals surface area (Å²) >= 11 is 0. The van der Waals surface area contributed by atoms with Crippen molar-refractivity contribution in [2.24, 2.45) is 0 Å². The van der Waals surface area contributed by atoms with Gasteiger partial charge < -0.3 is 20.1 Å². The molecule has 0 bridgehead atoms. The minimum atomic E-state index is -1.37. The Morgan fingerprint density at radius 1 is 1.29 bits per heavy atom. The fraction of sp³-hybridized carbons (Fsp3) is 0.364. The summed E-state index contributed by atoms with van der Waals surface area (Å²) in [4.78, 5) is 33.9. The third kappa shape index (κ3) is 4.14. The third-order valence-corrected chi connectivity index (χ3v) is 5.73. The van der Waals surface area contributed by atoms with Crippen molar-refractivity contribution in [2.45, 2.75) is 32.8 Å². The maximum absolute atomic E-state index is 12.6. The van der Waals surface area contributed by atoms with Gasteiger partial charge in [-0.3, -0.25) is 14.7 Å². The number of aliphatic hydroxyl groups is 2. The van der Waals surface area contributed by atoms with Gasteiger partial charge in [-0.1, -0.05) is 6.08 Å². The van der Waals surface area contributed by atoms with Crippen molar-refractivity contribution in [2.75, 3.05) is 19.7 Å². The van der Waals surface area contributed by atoms with E-state index in [0.29, 0.717) is 25.2 Å². The summed E-state index contributed by atoms with van der Waals surface area (Å²) < 4.78 is 0. The van der Waals surface area contributed by atoms with Crippen LogP contribution in [0.1, 0.15) is 39.4 Å². The molecular weight excluding hydrogens is 398 g/mol. The number of pyridine rings is 1. The lowest BCUT2D eigenvalue weighted by Gasteiger charge is -2.27. The Balaban J connectivity index is 1.49. The van der Waals surface area contributed by atoms with Gasteiger partial charge in [0.1, 0.15) is 11.3 Å². The van der Waals surface area contributed by atoms with Gasteiger partial charge in [0, 0.05) is 48.0 Å². The molecule has 9 nitrogen and oxygen atoms in total. The molecule has 1 amide bonds. The number of aryl methyl sites for hydroxylation is 1. The van der Waals surface area contributed by atoms with Crippen molar-refractivity contribution >= 4 is 28.3 Å². The van der Waals surface area contributed by atoms with Crippen LogP contribution in [0, 0.1) is 13.8 Å². The minimum absolute atomic E-state index is 0.0522. The molecule has 3 aromatic heterocycles. The van der Waals surface area contributed by atoms with Crippen LogP contribution < -0.4 is 0 Å². The summed E-state index contributed by atoms with van der Waals surface area (Å²) in [6.45, 7) is 4.02. The number of H-pyrrole nitrogens is 2. The highest BCUT2D eigenvalue weighted by Gasteiger charge is 2.24. The fourth-order valence-corrected chi connectivity index (χ4v) is 3.76. The number of fused-ring (bicyclic) bond motifs is 1. The molecule has 0 radical (unpaired) electrons. The molecule has 0 spiro atoms. The molecule has 4 N–H and O–H groups in total. The smallest absolute Gasteiger partial charge is 0.254 e. The van der Waals surface area contributed by atoms with E-state index in [-0.39, 0.29) is 12.2 Å². The molecule has 1 aliphatic heterocycles. The number of amides is 1. The van der Waals surface area contributed by atoms with Gasteiger partial charge in [-0.05, 0) is 43.5 Å². The highest BCUT2D eigenvalue weighted by atomic mass is 16.3. The molecule has 31 heavy (non-hydrogen) atoms. The van der Waals surface area contributed by atoms with Crippen molar-refractivity contribution in [1.29, 1.82) is 0 Å². The molecule has 0 aliphatic carbocycles. The van der Waals surface area contributed by atoms with E-state index in [1.165, 1.54) is 4.90 Å². The zero-order valence-corrected chi connectivity index (χ0v) is 17.5. The van der Waals surface area contributed by atoms with Crippen LogP contribution in [0.2, 0.25) is 0 Å². The lowest BCUT2D eigenvalue weighted by Crippen LogP contribution is -2.42. The molecule has 9 heteroatoms. The van der Waals surface area contributed by atoms with Crippen LogP contribution in [0.15, 0.2) is 24.4 Å². The van der Waals surface area contributed by atoms with Crippen molar-refractivity contribution in [3.05, 3.63) is 52.6 Å². The number of aromatic nitrogens is 4. The number of nitrogens with one attached hydrogen (secondary N) is 2. The standard InChI is InChI=1S/C22H25N5O4/c1-12-13(2)25-26-20(12)18(29)8-14-7-16-9-17(24-21(16)23-10-14)15-3-5-27(6-4-15)22(31)19(30)11-28/h3,7,9-10,19,28,30H,4-6,8,11H2,1-2H3,(H,23,24)(H,25,26). The fourth-order valence-electron chi connectivity index (χ4n) is 3.76. The Labute approximate surface area is 178 Å². The van der Waals surface area contributed by atoms with E-state index in [1.807, 2.05) is 32.1 Å². The maximum Gasteiger partial charge on any atom is 0.254 e. The Hall–Kier alpha value is -3.30. The van der Waals surface area contributed by atoms with Gasteiger partial charge in [0.05, 0.1) is 6.61 Å². The van der Waals surface area contributed by atoms with Gasteiger partial charge in [-0.15, -0.1) is 0 Å². The van der Waals surface area contributed by atoms with Gasteiger partial charge in [-0.25, -0.2) is 4.98 Å². The number of carbonyl (C=O) groups excluding carboxylic acids is 2. The SMILES string of the molecule is Cc1[nH]nc(C(=O)Cc2cnc3[nH]c(C4=CCN(C(=O)C(O)CO)CC4)cc3c2)c1C. The second kappa shape index (κ2) is 8.44. The maximum atomic E-state index is 12.6. The monoisotopic (exact) mass is 423 g/mol. The van der Waals surface area contributed by atoms with E-state index >= 15 is 0 Å². The summed E-state index contributed by atoms with van der Waals surface area (Å²) in [6.07, 6.45) is 3.11. The van der Waals surface area contributed by atoms with Gasteiger partial charge in [0.25, 0.3) is 5.91 Å². The lowest BCUT2D eigenvalue weighted by atomic mass is 10.0. The van der Waals surface area contributed by atoms with Crippen LogP contribution in [0.4, 0.5) is 0 Å². The summed E-state index contributed by atoms with van der Waals surface area (Å²) in [5.41, 5.74) is 5.74. The van der Waals surface area contributed by atoms with Crippen LogP contribution in [-0.4, -0.2) is 72.8 Å². The average Bonchev–Trinajstić information content (AvgIpc) is 3.35. The molecule has 1 atom stereocenters. The quantitative estimate of drug-likeness (QED) is 0.441. The molecule has 0 aromatic carbocycles. The number of hydrogen-bond acceptors (Lipinski definition) is 6. The molecule has 0 fully saturated rings. The van der Waals surface area contributed by atoms with Gasteiger partial charge in [-0.2, -0.15) is 5.10 Å². The zero-order valence-electron chi connectivity index (χ0n) is 17.5. The second-order valence-electron chi connectivity index (χ2n) is 7.85. The number of aromatic amines is 2. The van der Waals surface area contributed by atoms with E-state index in [9.17, 15) is 14.7 Å². The van der Waals surface area contributed by atoms with Gasteiger partial charge >= 0.3 is 0 Å². The molecule has 0 saturated carbocycles. The van der Waals surface area contributed by atoms with E-state index in [4.69, 9.17) is 5.11 Å². The molecule has 4 rings (SSSR count). The van der Waals surface area contributed by atoms with E-state index in [1.54, 1.807) is 6.20 Å². The highest BCUT2D eigenvalue weighted by Crippen LogP contribution is 2.26. The van der Waals surface area contributed by atoms with Crippen molar-refractivity contribution in [3.8, 4) is 0 Å². The number of nitrogens with zero attached hydrogens (tertiary/aromatic N) is 3. The number of aliphatic hydroxyl groups excluding tert-OH is 2. The van der Waals surface area contributed by atoms with Crippen LogP contribution in [-0.2, 0) is 11.2 Å². The van der Waals surface area contributed by atoms with Crippen molar-refractivity contribution in [3.63, 3.8) is 0 Å². The van der Waals surface area contributed by atoms with Crippen molar-refractivity contribution in [1.82, 2.24) is 25.1 Å². The molecule has 0 saturated heterocycles. The first kappa shape index (κ1) is 21.0. The number of carbonyl (C=O) groups is 2. The van der Waals surface area contributed by atoms with Gasteiger partial charge in [0.2, 0.25) is 0 Å². The first-order valence-electron chi connectivity index (χ1n) is 10.2. The largest absolute Gasteiger partial charge is 0.393 e. The number of rotatable bonds is 6. The second-order valence-corrected chi connectivity index (χ2v) is 7.85. The molecule has 1 aliphatic rings. The Morgan fingerprint density at radius 3 is 2.74 bits per heavy atom. The Morgan fingerprint density at radius 2 is 2.10 bits per heavy atom. The normalized spacial score (nSPS) is 15.2. The van der Waals surface area contributed by atoms with E-state index in [2.05, 4.69) is 20.2 Å². The Kier molecular flexibility index (Phi) is 5.71.